The van der Waals surface area contributed by atoms with E-state index in [1.54, 1.807) is 33.4 Å². The fourth-order valence-corrected chi connectivity index (χ4v) is 12.6. The fourth-order valence-electron chi connectivity index (χ4n) is 3.95. The van der Waals surface area contributed by atoms with Crippen LogP contribution in [0.25, 0.3) is 0 Å². The molecular weight excluding hydrogens is 289 g/mol. The van der Waals surface area contributed by atoms with Crippen molar-refractivity contribution in [3.63, 3.8) is 0 Å². The van der Waals surface area contributed by atoms with Crippen LogP contribution in [0.3, 0.4) is 0 Å². The molecule has 1 radical (unpaired) electrons. The maximum absolute atomic E-state index is 2.50. The van der Waals surface area contributed by atoms with Crippen LogP contribution >= 0.6 is 0 Å². The Morgan fingerprint density at radius 2 is 1.05 bits per heavy atom. The van der Waals surface area contributed by atoms with Gasteiger partial charge in [-0.1, -0.05) is 0 Å². The molecule has 0 aromatic carbocycles. The molecule has 2 atom stereocenters. The second-order valence-corrected chi connectivity index (χ2v) is 13.7. The quantitative estimate of drug-likeness (QED) is 0.438. The molecule has 1 aliphatic carbocycles. The van der Waals surface area contributed by atoms with E-state index in [4.69, 9.17) is 0 Å². The monoisotopic (exact) mass is 319 g/mol. The summed E-state index contributed by atoms with van der Waals surface area (Å²) in [6.45, 7) is 19.1. The average molecular weight is 318 g/mol. The Labute approximate surface area is 124 Å². The molecular formula is C18H29Ge. The van der Waals surface area contributed by atoms with Crippen LogP contribution in [0.2, 0.25) is 14.8 Å². The van der Waals surface area contributed by atoms with Crippen LogP contribution in [0.4, 0.5) is 0 Å². The molecule has 2 unspecified atom stereocenters. The molecule has 1 heteroatoms. The summed E-state index contributed by atoms with van der Waals surface area (Å²) in [7, 11) is 0. The summed E-state index contributed by atoms with van der Waals surface area (Å²) in [4.78, 5) is 0. The fraction of sp³-hybridized carbons (Fsp3) is 0.667. The van der Waals surface area contributed by atoms with Gasteiger partial charge in [0.15, 0.2) is 0 Å². The first-order chi connectivity index (χ1) is 8.77. The van der Waals surface area contributed by atoms with Crippen molar-refractivity contribution in [3.05, 3.63) is 33.4 Å². The van der Waals surface area contributed by atoms with Crippen LogP contribution in [0.5, 0.6) is 0 Å². The summed E-state index contributed by atoms with van der Waals surface area (Å²) in [6.07, 6.45) is 0. The summed E-state index contributed by atoms with van der Waals surface area (Å²) >= 11 is -1.02. The molecule has 0 amide bonds. The third-order valence-corrected chi connectivity index (χ3v) is 14.6. The molecule has 0 nitrogen and oxygen atoms in total. The molecule has 1 aliphatic heterocycles. The standard InChI is InChI=1S/C18H29Ge/c1-10-11(2)15(6)18(14(10)5)9-19-16(7)12(3)13(4)17(19)8/h16-18H,9H2,1-8H3. The first kappa shape index (κ1) is 15.2. The third-order valence-electron chi connectivity index (χ3n) is 6.26. The Bertz CT molecular complexity index is 448. The van der Waals surface area contributed by atoms with Crippen LogP contribution in [0.15, 0.2) is 33.4 Å². The van der Waals surface area contributed by atoms with Gasteiger partial charge in [-0.15, -0.1) is 0 Å². The van der Waals surface area contributed by atoms with Gasteiger partial charge in [0.2, 0.25) is 0 Å². The minimum absolute atomic E-state index is 0.776. The van der Waals surface area contributed by atoms with Crippen molar-refractivity contribution < 1.29 is 0 Å². The zero-order chi connectivity index (χ0) is 14.5. The number of rotatable bonds is 2. The van der Waals surface area contributed by atoms with E-state index in [0.717, 1.165) is 15.4 Å². The molecule has 0 spiro atoms. The predicted molar refractivity (Wildman–Crippen MR) is 88.0 cm³/mol. The average Bonchev–Trinajstić information content (AvgIpc) is 2.68. The summed E-state index contributed by atoms with van der Waals surface area (Å²) < 4.78 is 1.86. The molecule has 1 heterocycles. The van der Waals surface area contributed by atoms with Gasteiger partial charge in [0.1, 0.15) is 0 Å². The van der Waals surface area contributed by atoms with Crippen molar-refractivity contribution in [2.24, 2.45) is 5.92 Å². The van der Waals surface area contributed by atoms with Crippen LogP contribution in [0, 0.1) is 5.92 Å². The first-order valence-electron chi connectivity index (χ1n) is 7.65. The molecule has 0 aromatic rings. The van der Waals surface area contributed by atoms with Crippen LogP contribution in [-0.2, 0) is 0 Å². The van der Waals surface area contributed by atoms with Gasteiger partial charge in [0, 0.05) is 0 Å². The van der Waals surface area contributed by atoms with Crippen LogP contribution in [0.1, 0.15) is 55.4 Å². The van der Waals surface area contributed by atoms with Crippen LogP contribution in [-0.4, -0.2) is 14.3 Å². The SMILES string of the molecule is CC1=C(C)C([CH2][Ge]2[CH](C)C(C)=C(C)[CH]2C)C(C)=C1C. The molecule has 0 N–H and O–H groups in total. The van der Waals surface area contributed by atoms with Gasteiger partial charge in [-0.3, -0.25) is 0 Å². The van der Waals surface area contributed by atoms with Crippen molar-refractivity contribution >= 4 is 14.3 Å². The first-order valence-corrected chi connectivity index (χ1v) is 11.6. The molecule has 2 rings (SSSR count). The van der Waals surface area contributed by atoms with Gasteiger partial charge in [-0.2, -0.15) is 0 Å². The molecule has 0 bridgehead atoms. The zero-order valence-electron chi connectivity index (χ0n) is 13.9. The molecule has 0 saturated carbocycles. The minimum atomic E-state index is -1.02. The van der Waals surface area contributed by atoms with E-state index >= 15 is 0 Å². The summed E-state index contributed by atoms with van der Waals surface area (Å²) in [6, 6.07) is 0. The van der Waals surface area contributed by atoms with Crippen molar-refractivity contribution in [2.75, 3.05) is 0 Å². The van der Waals surface area contributed by atoms with Gasteiger partial charge >= 0.3 is 124 Å². The second-order valence-electron chi connectivity index (χ2n) is 6.76. The number of hydrogen-bond acceptors (Lipinski definition) is 0. The summed E-state index contributed by atoms with van der Waals surface area (Å²) in [5, 5.41) is 1.50. The van der Waals surface area contributed by atoms with Gasteiger partial charge < -0.3 is 0 Å². The zero-order valence-corrected chi connectivity index (χ0v) is 16.0. The molecule has 105 valence electrons. The van der Waals surface area contributed by atoms with Gasteiger partial charge in [-0.05, 0) is 0 Å². The Morgan fingerprint density at radius 3 is 1.42 bits per heavy atom. The summed E-state index contributed by atoms with van der Waals surface area (Å²) in [5.74, 6) is 0.776. The van der Waals surface area contributed by atoms with Crippen molar-refractivity contribution in [1.82, 2.24) is 0 Å². The van der Waals surface area contributed by atoms with Crippen molar-refractivity contribution in [2.45, 2.75) is 70.1 Å². The van der Waals surface area contributed by atoms with E-state index in [0.29, 0.717) is 0 Å². The second kappa shape index (κ2) is 5.27. The number of allylic oxidation sites excluding steroid dienone is 6. The van der Waals surface area contributed by atoms with Gasteiger partial charge in [0.05, 0.1) is 0 Å². The topological polar surface area (TPSA) is 0 Å². The van der Waals surface area contributed by atoms with E-state index in [9.17, 15) is 0 Å². The maximum atomic E-state index is 2.50. The van der Waals surface area contributed by atoms with Gasteiger partial charge in [-0.25, -0.2) is 0 Å². The molecule has 0 fully saturated rings. The van der Waals surface area contributed by atoms with Crippen molar-refractivity contribution in [1.29, 1.82) is 0 Å². The predicted octanol–water partition coefficient (Wildman–Crippen LogP) is 5.91. The Kier molecular flexibility index (Phi) is 4.21. The Morgan fingerprint density at radius 1 is 0.684 bits per heavy atom. The van der Waals surface area contributed by atoms with E-state index in [2.05, 4.69) is 55.4 Å². The van der Waals surface area contributed by atoms with E-state index in [1.165, 1.54) is 5.25 Å². The molecule has 0 aromatic heterocycles. The van der Waals surface area contributed by atoms with E-state index in [-0.39, 0.29) is 0 Å². The Balaban J connectivity index is 2.21. The molecule has 2 aliphatic rings. The normalized spacial score (nSPS) is 30.3. The van der Waals surface area contributed by atoms with Gasteiger partial charge in [0.25, 0.3) is 0 Å². The van der Waals surface area contributed by atoms with E-state index in [1.807, 2.05) is 0 Å². The van der Waals surface area contributed by atoms with Crippen LogP contribution < -0.4 is 0 Å². The molecule has 0 saturated heterocycles. The Hall–Kier alpha value is -0.237. The molecule has 19 heavy (non-hydrogen) atoms. The number of hydrogen-bond donors (Lipinski definition) is 0. The van der Waals surface area contributed by atoms with Crippen molar-refractivity contribution in [3.8, 4) is 0 Å². The third kappa shape index (κ3) is 2.30. The van der Waals surface area contributed by atoms with E-state index < -0.39 is 14.3 Å². The summed E-state index contributed by atoms with van der Waals surface area (Å²) in [5.41, 5.74) is 9.91.